The Hall–Kier alpha value is -1.99. The first-order valence-corrected chi connectivity index (χ1v) is 8.80. The molecule has 0 bridgehead atoms. The van der Waals surface area contributed by atoms with Crippen LogP contribution in [0.25, 0.3) is 22.3 Å². The zero-order valence-electron chi connectivity index (χ0n) is 13.7. The molecule has 3 aromatic rings. The minimum atomic E-state index is -0.146. The highest BCUT2D eigenvalue weighted by Crippen LogP contribution is 2.41. The zero-order chi connectivity index (χ0) is 18.1. The summed E-state index contributed by atoms with van der Waals surface area (Å²) in [7, 11) is 4.60. The number of methoxy groups -OCH3 is 3. The van der Waals surface area contributed by atoms with E-state index in [0.29, 0.717) is 44.0 Å². The second-order valence-corrected chi connectivity index (χ2v) is 6.92. The maximum absolute atomic E-state index is 12.5. The minimum absolute atomic E-state index is 0.146. The lowest BCUT2D eigenvalue weighted by atomic mass is 10.1. The van der Waals surface area contributed by atoms with Gasteiger partial charge < -0.3 is 18.6 Å². The van der Waals surface area contributed by atoms with E-state index in [1.807, 2.05) is 6.07 Å². The maximum Gasteiger partial charge on any atom is 0.203 e. The van der Waals surface area contributed by atoms with Crippen LogP contribution in [0, 0.1) is 0 Å². The van der Waals surface area contributed by atoms with Crippen LogP contribution in [0.5, 0.6) is 17.2 Å². The van der Waals surface area contributed by atoms with Gasteiger partial charge in [0, 0.05) is 16.1 Å². The molecule has 0 radical (unpaired) electrons. The van der Waals surface area contributed by atoms with Gasteiger partial charge in [0.2, 0.25) is 5.75 Å². The molecular formula is C18H14Br2O5. The third-order valence-corrected chi connectivity index (χ3v) is 4.74. The maximum atomic E-state index is 12.5. The standard InChI is InChI=1S/C18H14Br2O5/c1-22-15-4-9(5-16(23-2)18(15)24-3)14-8-13(21)11-6-10(19)7-12(20)17(11)25-14/h4-8H,1-3H3. The fourth-order valence-electron chi connectivity index (χ4n) is 2.55. The van der Waals surface area contributed by atoms with Gasteiger partial charge in [0.1, 0.15) is 5.76 Å². The lowest BCUT2D eigenvalue weighted by molar-refractivity contribution is 0.324. The van der Waals surface area contributed by atoms with Crippen molar-refractivity contribution in [1.29, 1.82) is 0 Å². The normalized spacial score (nSPS) is 10.8. The van der Waals surface area contributed by atoms with E-state index in [1.165, 1.54) is 27.4 Å². The molecule has 25 heavy (non-hydrogen) atoms. The average molecular weight is 470 g/mol. The molecule has 3 rings (SSSR count). The zero-order valence-corrected chi connectivity index (χ0v) is 16.9. The van der Waals surface area contributed by atoms with Crippen molar-refractivity contribution in [3.05, 3.63) is 49.5 Å². The SMILES string of the molecule is COc1cc(-c2cc(=O)c3cc(Br)cc(Br)c3o2)cc(OC)c1OC. The fourth-order valence-corrected chi connectivity index (χ4v) is 3.86. The average Bonchev–Trinajstić information content (AvgIpc) is 2.61. The van der Waals surface area contributed by atoms with Gasteiger partial charge in [-0.05, 0) is 40.2 Å². The third kappa shape index (κ3) is 3.26. The predicted molar refractivity (Wildman–Crippen MR) is 103 cm³/mol. The van der Waals surface area contributed by atoms with Crippen LogP contribution in [0.4, 0.5) is 0 Å². The van der Waals surface area contributed by atoms with Crippen LogP contribution in [0.1, 0.15) is 0 Å². The van der Waals surface area contributed by atoms with E-state index in [4.69, 9.17) is 18.6 Å². The second-order valence-electron chi connectivity index (χ2n) is 5.15. The topological polar surface area (TPSA) is 57.9 Å². The van der Waals surface area contributed by atoms with Crippen molar-refractivity contribution in [3.63, 3.8) is 0 Å². The van der Waals surface area contributed by atoms with Crippen LogP contribution < -0.4 is 19.6 Å². The molecule has 0 aliphatic rings. The Kier molecular flexibility index (Phi) is 5.06. The highest BCUT2D eigenvalue weighted by Gasteiger charge is 2.17. The molecule has 0 unspecified atom stereocenters. The number of hydrogen-bond acceptors (Lipinski definition) is 5. The van der Waals surface area contributed by atoms with Gasteiger partial charge in [-0.1, -0.05) is 15.9 Å². The van der Waals surface area contributed by atoms with Crippen molar-refractivity contribution in [3.8, 4) is 28.6 Å². The number of halogens is 2. The molecule has 130 valence electrons. The predicted octanol–water partition coefficient (Wildman–Crippen LogP) is 5.01. The summed E-state index contributed by atoms with van der Waals surface area (Å²) >= 11 is 6.81. The fraction of sp³-hybridized carbons (Fsp3) is 0.167. The number of benzene rings is 2. The molecule has 0 fully saturated rings. The van der Waals surface area contributed by atoms with Gasteiger partial charge in [0.05, 0.1) is 31.2 Å². The molecule has 1 heterocycles. The summed E-state index contributed by atoms with van der Waals surface area (Å²) < 4.78 is 23.5. The summed E-state index contributed by atoms with van der Waals surface area (Å²) in [4.78, 5) is 12.5. The Morgan fingerprint density at radius 2 is 1.52 bits per heavy atom. The van der Waals surface area contributed by atoms with Gasteiger partial charge in [-0.25, -0.2) is 0 Å². The smallest absolute Gasteiger partial charge is 0.203 e. The lowest BCUT2D eigenvalue weighted by Gasteiger charge is -2.14. The number of rotatable bonds is 4. The highest BCUT2D eigenvalue weighted by atomic mass is 79.9. The summed E-state index contributed by atoms with van der Waals surface area (Å²) in [5.41, 5.74) is 0.967. The molecule has 0 amide bonds. The van der Waals surface area contributed by atoms with Crippen LogP contribution >= 0.6 is 31.9 Å². The molecule has 0 spiro atoms. The summed E-state index contributed by atoms with van der Waals surface area (Å²) in [6, 6.07) is 8.47. The monoisotopic (exact) mass is 468 g/mol. The Balaban J connectivity index is 2.28. The van der Waals surface area contributed by atoms with Gasteiger partial charge in [0.15, 0.2) is 22.5 Å². The lowest BCUT2D eigenvalue weighted by Crippen LogP contribution is -2.01. The molecule has 2 aromatic carbocycles. The van der Waals surface area contributed by atoms with E-state index < -0.39 is 0 Å². The third-order valence-electron chi connectivity index (χ3n) is 3.70. The first-order chi connectivity index (χ1) is 12.0. The van der Waals surface area contributed by atoms with E-state index in [9.17, 15) is 4.79 Å². The van der Waals surface area contributed by atoms with E-state index in [2.05, 4.69) is 31.9 Å². The molecule has 0 saturated carbocycles. The van der Waals surface area contributed by atoms with Crippen molar-refractivity contribution in [2.24, 2.45) is 0 Å². The Morgan fingerprint density at radius 1 is 0.880 bits per heavy atom. The Bertz CT molecular complexity index is 985. The summed E-state index contributed by atoms with van der Waals surface area (Å²) in [6.45, 7) is 0. The van der Waals surface area contributed by atoms with Crippen molar-refractivity contribution in [2.45, 2.75) is 0 Å². The molecule has 1 aromatic heterocycles. The van der Waals surface area contributed by atoms with Crippen LogP contribution in [-0.4, -0.2) is 21.3 Å². The minimum Gasteiger partial charge on any atom is -0.493 e. The first kappa shape index (κ1) is 17.8. The molecular weight excluding hydrogens is 456 g/mol. The number of ether oxygens (including phenoxy) is 3. The molecule has 0 saturated heterocycles. The summed E-state index contributed by atoms with van der Waals surface area (Å²) in [6.07, 6.45) is 0. The van der Waals surface area contributed by atoms with Crippen LogP contribution in [0.3, 0.4) is 0 Å². The molecule has 0 atom stereocenters. The molecule has 0 aliphatic heterocycles. The van der Waals surface area contributed by atoms with Gasteiger partial charge >= 0.3 is 0 Å². The van der Waals surface area contributed by atoms with Crippen LogP contribution in [0.15, 0.2) is 48.5 Å². The summed E-state index contributed by atoms with van der Waals surface area (Å²) in [5, 5.41) is 0.484. The van der Waals surface area contributed by atoms with Crippen LogP contribution in [0.2, 0.25) is 0 Å². The first-order valence-electron chi connectivity index (χ1n) is 7.21. The largest absolute Gasteiger partial charge is 0.493 e. The van der Waals surface area contributed by atoms with Gasteiger partial charge in [-0.3, -0.25) is 4.79 Å². The van der Waals surface area contributed by atoms with E-state index in [0.717, 1.165) is 4.47 Å². The molecule has 7 heteroatoms. The van der Waals surface area contributed by atoms with Gasteiger partial charge in [-0.15, -0.1) is 0 Å². The molecule has 5 nitrogen and oxygen atoms in total. The van der Waals surface area contributed by atoms with Gasteiger partial charge in [0.25, 0.3) is 0 Å². The van der Waals surface area contributed by atoms with E-state index in [1.54, 1.807) is 18.2 Å². The molecule has 0 aliphatic carbocycles. The van der Waals surface area contributed by atoms with Crippen molar-refractivity contribution in [2.75, 3.05) is 21.3 Å². The van der Waals surface area contributed by atoms with Crippen molar-refractivity contribution in [1.82, 2.24) is 0 Å². The number of hydrogen-bond donors (Lipinski definition) is 0. The Morgan fingerprint density at radius 3 is 2.08 bits per heavy atom. The highest BCUT2D eigenvalue weighted by molar-refractivity contribution is 9.11. The Labute approximate surface area is 160 Å². The van der Waals surface area contributed by atoms with E-state index in [-0.39, 0.29) is 5.43 Å². The quantitative estimate of drug-likeness (QED) is 0.537. The van der Waals surface area contributed by atoms with Gasteiger partial charge in [-0.2, -0.15) is 0 Å². The van der Waals surface area contributed by atoms with E-state index >= 15 is 0 Å². The van der Waals surface area contributed by atoms with Crippen molar-refractivity contribution >= 4 is 42.8 Å². The molecule has 0 N–H and O–H groups in total. The summed E-state index contributed by atoms with van der Waals surface area (Å²) in [5.74, 6) is 1.84. The van der Waals surface area contributed by atoms with Crippen LogP contribution in [-0.2, 0) is 0 Å². The number of fused-ring (bicyclic) bond motifs is 1. The van der Waals surface area contributed by atoms with Crippen molar-refractivity contribution < 1.29 is 18.6 Å². The second kappa shape index (κ2) is 7.09.